The molecule has 4 N–H and O–H groups in total. The molecule has 0 radical (unpaired) electrons. The molecule has 1 saturated heterocycles. The van der Waals surface area contributed by atoms with Crippen LogP contribution in [0.3, 0.4) is 0 Å². The minimum absolute atomic E-state index is 0.138. The molecule has 3 aromatic rings. The largest absolute Gasteiger partial charge is 0.368 e. The summed E-state index contributed by atoms with van der Waals surface area (Å²) in [6.45, 7) is 9.76. The monoisotopic (exact) mass is 406 g/mol. The molecule has 0 amide bonds. The quantitative estimate of drug-likeness (QED) is 0.608. The molecule has 0 saturated carbocycles. The minimum atomic E-state index is -0.138. The summed E-state index contributed by atoms with van der Waals surface area (Å²) >= 11 is 0. The van der Waals surface area contributed by atoms with E-state index in [1.54, 1.807) is 6.92 Å². The van der Waals surface area contributed by atoms with Crippen LogP contribution in [0.4, 0.5) is 11.8 Å². The Morgan fingerprint density at radius 1 is 1.33 bits per heavy atom. The first-order chi connectivity index (χ1) is 14.5. The molecule has 0 aliphatic carbocycles. The highest BCUT2D eigenvalue weighted by Crippen LogP contribution is 2.33. The van der Waals surface area contributed by atoms with Gasteiger partial charge < -0.3 is 20.9 Å². The zero-order chi connectivity index (χ0) is 21.8. The lowest BCUT2D eigenvalue weighted by Gasteiger charge is -2.22. The van der Waals surface area contributed by atoms with Gasteiger partial charge in [0.2, 0.25) is 5.95 Å². The molecule has 3 aromatic heterocycles. The van der Waals surface area contributed by atoms with Crippen molar-refractivity contribution in [1.82, 2.24) is 24.8 Å². The Labute approximate surface area is 177 Å². The zero-order valence-electron chi connectivity index (χ0n) is 18.3. The number of pyridine rings is 1. The Bertz CT molecular complexity index is 1070. The fraction of sp³-hybridized carbons (Fsp3) is 0.455. The summed E-state index contributed by atoms with van der Waals surface area (Å²) in [6.07, 6.45) is 3.11. The van der Waals surface area contributed by atoms with Gasteiger partial charge in [-0.3, -0.25) is 0 Å². The molecule has 2 atom stereocenters. The molecule has 4 rings (SSSR count). The molecule has 0 bridgehead atoms. The second-order valence-corrected chi connectivity index (χ2v) is 7.35. The maximum atomic E-state index is 9.51. The Morgan fingerprint density at radius 3 is 2.77 bits per heavy atom. The first kappa shape index (κ1) is 21.5. The Morgan fingerprint density at radius 2 is 2.10 bits per heavy atom. The average molecular weight is 407 g/mol. The van der Waals surface area contributed by atoms with Crippen LogP contribution in [0.2, 0.25) is 0 Å². The third-order valence-corrected chi connectivity index (χ3v) is 5.41. The molecule has 0 aromatic carbocycles. The van der Waals surface area contributed by atoms with Crippen molar-refractivity contribution in [3.63, 3.8) is 0 Å². The van der Waals surface area contributed by atoms with E-state index in [2.05, 4.69) is 37.3 Å². The van der Waals surface area contributed by atoms with E-state index >= 15 is 0 Å². The first-order valence-electron chi connectivity index (χ1n) is 10.4. The summed E-state index contributed by atoms with van der Waals surface area (Å²) in [5.74, 6) is 1.02. The number of hydrogen-bond acceptors (Lipinski definition) is 7. The average Bonchev–Trinajstić information content (AvgIpc) is 3.38. The van der Waals surface area contributed by atoms with Crippen molar-refractivity contribution in [2.24, 2.45) is 7.05 Å². The number of nitrogens with zero attached hydrogens (tertiary/aromatic N) is 5. The second kappa shape index (κ2) is 9.09. The van der Waals surface area contributed by atoms with E-state index in [1.165, 1.54) is 5.56 Å². The van der Waals surface area contributed by atoms with Gasteiger partial charge in [-0.15, -0.1) is 0 Å². The van der Waals surface area contributed by atoms with E-state index < -0.39 is 0 Å². The third-order valence-electron chi connectivity index (χ3n) is 5.41. The second-order valence-electron chi connectivity index (χ2n) is 7.35. The number of nitriles is 1. The molecule has 8 heteroatoms. The Balaban J connectivity index is 0.00000124. The Kier molecular flexibility index (Phi) is 6.53. The fourth-order valence-electron chi connectivity index (χ4n) is 3.91. The number of nitrogens with two attached hydrogens (primary N) is 1. The van der Waals surface area contributed by atoms with Crippen molar-refractivity contribution in [2.45, 2.75) is 46.1 Å². The number of nitrogens with one attached hydrogen (secondary N) is 2. The van der Waals surface area contributed by atoms with Crippen LogP contribution in [0.25, 0.3) is 11.0 Å². The molecule has 1 fully saturated rings. The number of aromatic nitrogens is 4. The zero-order valence-corrected chi connectivity index (χ0v) is 18.3. The number of rotatable bonds is 4. The summed E-state index contributed by atoms with van der Waals surface area (Å²) in [4.78, 5) is 13.3. The molecular formula is C22H30N8. The van der Waals surface area contributed by atoms with Crippen LogP contribution in [0.5, 0.6) is 0 Å². The van der Waals surface area contributed by atoms with Crippen LogP contribution in [-0.2, 0) is 7.05 Å². The van der Waals surface area contributed by atoms with E-state index in [-0.39, 0.29) is 12.0 Å². The number of hydrogen-bond donors (Lipinski definition) is 3. The highest BCUT2D eigenvalue weighted by atomic mass is 15.1. The SMILES string of the molecule is CC.Cc1nc(N)nc(NC(C)c2nc3ccn(C)c3cc2C2CCNC2)c1C#N. The minimum Gasteiger partial charge on any atom is -0.368 e. The van der Waals surface area contributed by atoms with Crippen LogP contribution in [0.1, 0.15) is 61.7 Å². The van der Waals surface area contributed by atoms with Crippen LogP contribution < -0.4 is 16.4 Å². The predicted octanol–water partition coefficient (Wildman–Crippen LogP) is 3.40. The summed E-state index contributed by atoms with van der Waals surface area (Å²) in [6, 6.07) is 6.31. The summed E-state index contributed by atoms with van der Waals surface area (Å²) < 4.78 is 2.10. The molecule has 2 unspecified atom stereocenters. The van der Waals surface area contributed by atoms with Crippen molar-refractivity contribution in [3.8, 4) is 6.07 Å². The van der Waals surface area contributed by atoms with Crippen molar-refractivity contribution >= 4 is 22.8 Å². The molecule has 30 heavy (non-hydrogen) atoms. The Hall–Kier alpha value is -3.18. The summed E-state index contributed by atoms with van der Waals surface area (Å²) in [5, 5.41) is 16.3. The predicted molar refractivity (Wildman–Crippen MR) is 120 cm³/mol. The maximum absolute atomic E-state index is 9.51. The molecule has 1 aliphatic rings. The summed E-state index contributed by atoms with van der Waals surface area (Å²) in [7, 11) is 2.04. The van der Waals surface area contributed by atoms with Gasteiger partial charge in [0.15, 0.2) is 0 Å². The number of nitrogen functional groups attached to an aromatic ring is 1. The van der Waals surface area contributed by atoms with E-state index in [4.69, 9.17) is 10.7 Å². The number of fused-ring (bicyclic) bond motifs is 1. The third kappa shape index (κ3) is 4.07. The fourth-order valence-corrected chi connectivity index (χ4v) is 3.91. The molecule has 1 aliphatic heterocycles. The van der Waals surface area contributed by atoms with E-state index in [0.717, 1.165) is 36.2 Å². The van der Waals surface area contributed by atoms with Crippen molar-refractivity contribution in [3.05, 3.63) is 40.8 Å². The molecule has 8 nitrogen and oxygen atoms in total. The van der Waals surface area contributed by atoms with Gasteiger partial charge in [-0.1, -0.05) is 13.8 Å². The van der Waals surface area contributed by atoms with E-state index in [1.807, 2.05) is 40.1 Å². The number of anilines is 2. The highest BCUT2D eigenvalue weighted by molar-refractivity contribution is 5.77. The molecular weight excluding hydrogens is 376 g/mol. The number of aryl methyl sites for hydroxylation is 2. The van der Waals surface area contributed by atoms with Crippen LogP contribution in [0, 0.1) is 18.3 Å². The van der Waals surface area contributed by atoms with Crippen LogP contribution >= 0.6 is 0 Å². The van der Waals surface area contributed by atoms with Gasteiger partial charge in [0, 0.05) is 19.8 Å². The normalized spacial score (nSPS) is 16.6. The first-order valence-corrected chi connectivity index (χ1v) is 10.4. The van der Waals surface area contributed by atoms with Crippen LogP contribution in [0.15, 0.2) is 18.3 Å². The lowest BCUT2D eigenvalue weighted by molar-refractivity contribution is 0.719. The lowest BCUT2D eigenvalue weighted by atomic mass is 9.93. The van der Waals surface area contributed by atoms with Gasteiger partial charge in [-0.05, 0) is 50.4 Å². The van der Waals surface area contributed by atoms with Crippen molar-refractivity contribution in [1.29, 1.82) is 5.26 Å². The topological polar surface area (TPSA) is 117 Å². The standard InChI is InChI=1S/C20H24N8.C2H6/c1-11-15(9-21)19(27-20(22)25-11)24-12(2)18-14(13-4-6-23-10-13)8-17-16(26-18)5-7-28(17)3;1-2/h5,7-8,12-13,23H,4,6,10H2,1-3H3,(H3,22,24,25,27);1-2H3. The van der Waals surface area contributed by atoms with Crippen LogP contribution in [-0.4, -0.2) is 32.6 Å². The van der Waals surface area contributed by atoms with Crippen molar-refractivity contribution < 1.29 is 0 Å². The van der Waals surface area contributed by atoms with Crippen molar-refractivity contribution in [2.75, 3.05) is 24.1 Å². The molecule has 4 heterocycles. The van der Waals surface area contributed by atoms with Gasteiger partial charge in [-0.2, -0.15) is 10.2 Å². The molecule has 0 spiro atoms. The van der Waals surface area contributed by atoms with E-state index in [0.29, 0.717) is 23.0 Å². The lowest BCUT2D eigenvalue weighted by Crippen LogP contribution is -2.17. The van der Waals surface area contributed by atoms with Gasteiger partial charge in [-0.25, -0.2) is 9.97 Å². The van der Waals surface area contributed by atoms with E-state index in [9.17, 15) is 5.26 Å². The summed E-state index contributed by atoms with van der Waals surface area (Å²) in [5.41, 5.74) is 11.1. The van der Waals surface area contributed by atoms with Gasteiger partial charge in [0.25, 0.3) is 0 Å². The van der Waals surface area contributed by atoms with Gasteiger partial charge in [0.1, 0.15) is 17.5 Å². The highest BCUT2D eigenvalue weighted by Gasteiger charge is 2.25. The van der Waals surface area contributed by atoms with Gasteiger partial charge in [0.05, 0.1) is 28.5 Å². The smallest absolute Gasteiger partial charge is 0.222 e. The maximum Gasteiger partial charge on any atom is 0.222 e. The van der Waals surface area contributed by atoms with Gasteiger partial charge >= 0.3 is 0 Å². The molecule has 158 valence electrons.